The number of halogens is 1. The highest BCUT2D eigenvalue weighted by molar-refractivity contribution is 6.31. The number of aromatic amines is 1. The summed E-state index contributed by atoms with van der Waals surface area (Å²) in [5, 5.41) is 1.74. The lowest BCUT2D eigenvalue weighted by atomic mass is 10.3. The molecule has 0 saturated carbocycles. The maximum Gasteiger partial charge on any atom is 0.137 e. The summed E-state index contributed by atoms with van der Waals surface area (Å²) in [4.78, 5) is 7.23. The zero-order chi connectivity index (χ0) is 9.84. The van der Waals surface area contributed by atoms with Crippen LogP contribution in [-0.4, -0.2) is 9.97 Å². The highest BCUT2D eigenvalue weighted by Gasteiger charge is 1.97. The van der Waals surface area contributed by atoms with Gasteiger partial charge in [0.1, 0.15) is 5.65 Å². The molecule has 0 atom stereocenters. The molecule has 2 heterocycles. The molecule has 70 valence electrons. The van der Waals surface area contributed by atoms with Crippen LogP contribution in [0.4, 0.5) is 0 Å². The lowest BCUT2D eigenvalue weighted by molar-refractivity contribution is 1.25. The van der Waals surface area contributed by atoms with Gasteiger partial charge in [-0.1, -0.05) is 25.4 Å². The monoisotopic (exact) mass is 196 g/mol. The molecular weight excluding hydrogens is 184 g/mol. The number of rotatable bonds is 0. The molecule has 2 rings (SSSR count). The Kier molecular flexibility index (Phi) is 3.32. The highest BCUT2D eigenvalue weighted by atomic mass is 35.5. The molecule has 0 aliphatic heterocycles. The van der Waals surface area contributed by atoms with Gasteiger partial charge in [0, 0.05) is 17.3 Å². The van der Waals surface area contributed by atoms with E-state index in [1.165, 1.54) is 0 Å². The van der Waals surface area contributed by atoms with Crippen molar-refractivity contribution in [2.45, 2.75) is 20.8 Å². The summed E-state index contributed by atoms with van der Waals surface area (Å²) >= 11 is 5.75. The Morgan fingerprint density at radius 3 is 2.69 bits per heavy atom. The molecule has 0 bridgehead atoms. The number of nitrogens with zero attached hydrogens (tertiary/aromatic N) is 1. The minimum atomic E-state index is 0.677. The van der Waals surface area contributed by atoms with Crippen molar-refractivity contribution in [3.05, 3.63) is 29.0 Å². The predicted octanol–water partition coefficient (Wildman–Crippen LogP) is 3.55. The molecule has 2 aromatic rings. The van der Waals surface area contributed by atoms with E-state index in [9.17, 15) is 0 Å². The molecule has 2 nitrogen and oxygen atoms in total. The topological polar surface area (TPSA) is 28.7 Å². The maximum absolute atomic E-state index is 5.75. The largest absolute Gasteiger partial charge is 0.344 e. The van der Waals surface area contributed by atoms with Gasteiger partial charge in [-0.05, 0) is 19.1 Å². The molecule has 1 N–H and O–H groups in total. The van der Waals surface area contributed by atoms with Crippen LogP contribution in [0.15, 0.2) is 18.3 Å². The molecule has 0 aliphatic rings. The van der Waals surface area contributed by atoms with Gasteiger partial charge in [-0.15, -0.1) is 0 Å². The Labute approximate surface area is 82.9 Å². The minimum absolute atomic E-state index is 0.677. The van der Waals surface area contributed by atoms with Crippen molar-refractivity contribution in [1.29, 1.82) is 0 Å². The Morgan fingerprint density at radius 2 is 2.00 bits per heavy atom. The Balaban J connectivity index is 0.000000396. The molecule has 0 fully saturated rings. The van der Waals surface area contributed by atoms with Gasteiger partial charge in [0.05, 0.1) is 5.02 Å². The summed E-state index contributed by atoms with van der Waals surface area (Å²) < 4.78 is 0. The average Bonchev–Trinajstić information content (AvgIpc) is 2.48. The van der Waals surface area contributed by atoms with E-state index >= 15 is 0 Å². The lowest BCUT2D eigenvalue weighted by Gasteiger charge is -1.87. The molecule has 0 spiro atoms. The molecule has 0 radical (unpaired) electrons. The fourth-order valence-electron chi connectivity index (χ4n) is 1.13. The number of aromatic nitrogens is 2. The van der Waals surface area contributed by atoms with Crippen LogP contribution >= 0.6 is 11.6 Å². The third kappa shape index (κ3) is 2.22. The van der Waals surface area contributed by atoms with Gasteiger partial charge in [0.25, 0.3) is 0 Å². The smallest absolute Gasteiger partial charge is 0.137 e. The molecule has 0 aliphatic carbocycles. The molecule has 0 saturated heterocycles. The second-order valence-electron chi connectivity index (χ2n) is 2.54. The van der Waals surface area contributed by atoms with E-state index in [0.717, 1.165) is 16.7 Å². The fourth-order valence-corrected chi connectivity index (χ4v) is 1.29. The van der Waals surface area contributed by atoms with Crippen LogP contribution in [0, 0.1) is 6.92 Å². The number of hydrogen-bond donors (Lipinski definition) is 1. The van der Waals surface area contributed by atoms with Crippen LogP contribution in [0.2, 0.25) is 5.02 Å². The van der Waals surface area contributed by atoms with Gasteiger partial charge in [0.15, 0.2) is 0 Å². The molecule has 0 aromatic carbocycles. The fraction of sp³-hybridized carbons (Fsp3) is 0.300. The molecule has 3 heteroatoms. The number of aryl methyl sites for hydroxylation is 1. The van der Waals surface area contributed by atoms with Crippen molar-refractivity contribution in [3.8, 4) is 0 Å². The van der Waals surface area contributed by atoms with Crippen LogP contribution in [-0.2, 0) is 0 Å². The summed E-state index contributed by atoms with van der Waals surface area (Å²) in [6.45, 7) is 6.00. The standard InChI is InChI=1S/C8H7ClN2.C2H6/c1-5-2-6-3-7(9)4-10-8(6)11-5;1-2/h2-4H,1H3,(H,10,11);1-2H3. The van der Waals surface area contributed by atoms with E-state index in [1.54, 1.807) is 6.20 Å². The summed E-state index contributed by atoms with van der Waals surface area (Å²) in [6.07, 6.45) is 1.64. The molecular formula is C10H13ClN2. The zero-order valence-corrected chi connectivity index (χ0v) is 8.81. The van der Waals surface area contributed by atoms with Crippen molar-refractivity contribution in [3.63, 3.8) is 0 Å². The van der Waals surface area contributed by atoms with Crippen LogP contribution in [0.3, 0.4) is 0 Å². The van der Waals surface area contributed by atoms with E-state index in [4.69, 9.17) is 11.6 Å². The third-order valence-electron chi connectivity index (χ3n) is 1.57. The Bertz CT molecular complexity index is 393. The van der Waals surface area contributed by atoms with Crippen molar-refractivity contribution >= 4 is 22.6 Å². The first-order valence-corrected chi connectivity index (χ1v) is 4.74. The maximum atomic E-state index is 5.75. The number of pyridine rings is 1. The number of H-pyrrole nitrogens is 1. The van der Waals surface area contributed by atoms with Crippen LogP contribution in [0.25, 0.3) is 11.0 Å². The average molecular weight is 197 g/mol. The second kappa shape index (κ2) is 4.28. The van der Waals surface area contributed by atoms with Crippen molar-refractivity contribution in [2.24, 2.45) is 0 Å². The number of nitrogens with one attached hydrogen (secondary N) is 1. The lowest BCUT2D eigenvalue weighted by Crippen LogP contribution is -1.74. The number of fused-ring (bicyclic) bond motifs is 1. The first-order chi connectivity index (χ1) is 6.25. The van der Waals surface area contributed by atoms with Crippen LogP contribution < -0.4 is 0 Å². The summed E-state index contributed by atoms with van der Waals surface area (Å²) in [6, 6.07) is 3.92. The van der Waals surface area contributed by atoms with Crippen LogP contribution in [0.1, 0.15) is 19.5 Å². The second-order valence-corrected chi connectivity index (χ2v) is 2.98. The molecule has 0 unspecified atom stereocenters. The first-order valence-electron chi connectivity index (χ1n) is 4.36. The van der Waals surface area contributed by atoms with Gasteiger partial charge in [-0.2, -0.15) is 0 Å². The Hall–Kier alpha value is -1.02. The summed E-state index contributed by atoms with van der Waals surface area (Å²) in [5.41, 5.74) is 2.00. The molecule has 0 amide bonds. The first kappa shape index (κ1) is 10.1. The highest BCUT2D eigenvalue weighted by Crippen LogP contribution is 2.16. The van der Waals surface area contributed by atoms with Crippen molar-refractivity contribution < 1.29 is 0 Å². The van der Waals surface area contributed by atoms with E-state index in [1.807, 2.05) is 32.9 Å². The normalized spacial score (nSPS) is 9.54. The Morgan fingerprint density at radius 1 is 1.31 bits per heavy atom. The van der Waals surface area contributed by atoms with Gasteiger partial charge in [-0.3, -0.25) is 0 Å². The van der Waals surface area contributed by atoms with Gasteiger partial charge < -0.3 is 4.98 Å². The SMILES string of the molecule is CC.Cc1cc2cc(Cl)cnc2[nH]1. The van der Waals surface area contributed by atoms with Gasteiger partial charge in [-0.25, -0.2) is 4.98 Å². The van der Waals surface area contributed by atoms with E-state index in [2.05, 4.69) is 9.97 Å². The molecule has 2 aromatic heterocycles. The van der Waals surface area contributed by atoms with E-state index < -0.39 is 0 Å². The van der Waals surface area contributed by atoms with E-state index in [-0.39, 0.29) is 0 Å². The van der Waals surface area contributed by atoms with E-state index in [0.29, 0.717) is 5.02 Å². The molecule has 13 heavy (non-hydrogen) atoms. The van der Waals surface area contributed by atoms with Crippen LogP contribution in [0.5, 0.6) is 0 Å². The third-order valence-corrected chi connectivity index (χ3v) is 1.78. The summed E-state index contributed by atoms with van der Waals surface area (Å²) in [5.74, 6) is 0. The van der Waals surface area contributed by atoms with Crippen molar-refractivity contribution in [1.82, 2.24) is 9.97 Å². The quantitative estimate of drug-likeness (QED) is 0.686. The predicted molar refractivity (Wildman–Crippen MR) is 57.2 cm³/mol. The van der Waals surface area contributed by atoms with Crippen molar-refractivity contribution in [2.75, 3.05) is 0 Å². The van der Waals surface area contributed by atoms with Gasteiger partial charge in [0.2, 0.25) is 0 Å². The van der Waals surface area contributed by atoms with Gasteiger partial charge >= 0.3 is 0 Å². The summed E-state index contributed by atoms with van der Waals surface area (Å²) in [7, 11) is 0. The minimum Gasteiger partial charge on any atom is -0.344 e. The number of hydrogen-bond acceptors (Lipinski definition) is 1. The zero-order valence-electron chi connectivity index (χ0n) is 8.06.